The Bertz CT molecular complexity index is 706. The van der Waals surface area contributed by atoms with Crippen LogP contribution >= 0.6 is 0 Å². The highest BCUT2D eigenvalue weighted by molar-refractivity contribution is 5.87. The normalized spacial score (nSPS) is 16.9. The largest absolute Gasteiger partial charge is 0.462 e. The number of ether oxygens (including phenoxy) is 2. The maximum atomic E-state index is 13.7. The second-order valence-corrected chi connectivity index (χ2v) is 6.21. The number of esters is 1. The van der Waals surface area contributed by atoms with Gasteiger partial charge in [-0.3, -0.25) is 5.32 Å². The molecule has 1 aromatic carbocycles. The van der Waals surface area contributed by atoms with Gasteiger partial charge in [0.05, 0.1) is 6.61 Å². The minimum Gasteiger partial charge on any atom is -0.462 e. The highest BCUT2D eigenvalue weighted by Crippen LogP contribution is 2.33. The predicted molar refractivity (Wildman–Crippen MR) is 95.8 cm³/mol. The van der Waals surface area contributed by atoms with Crippen molar-refractivity contribution in [1.29, 1.82) is 0 Å². The number of halogens is 4. The van der Waals surface area contributed by atoms with Crippen molar-refractivity contribution in [3.05, 3.63) is 30.1 Å². The molecule has 11 heteroatoms. The third-order valence-electron chi connectivity index (χ3n) is 4.36. The topological polar surface area (TPSA) is 71.1 Å². The third-order valence-corrected chi connectivity index (χ3v) is 4.36. The summed E-state index contributed by atoms with van der Waals surface area (Å²) in [5, 5.41) is 1.68. The van der Waals surface area contributed by atoms with Crippen molar-refractivity contribution in [2.45, 2.75) is 25.7 Å². The molecule has 0 spiro atoms. The van der Waals surface area contributed by atoms with E-state index in [2.05, 4.69) is 9.47 Å². The highest BCUT2D eigenvalue weighted by atomic mass is 19.4. The van der Waals surface area contributed by atoms with E-state index in [1.54, 1.807) is 17.4 Å². The fourth-order valence-electron chi connectivity index (χ4n) is 2.91. The van der Waals surface area contributed by atoms with Crippen LogP contribution in [0.5, 0.6) is 0 Å². The van der Waals surface area contributed by atoms with Crippen LogP contribution < -0.4 is 10.2 Å². The van der Waals surface area contributed by atoms with Gasteiger partial charge in [0.25, 0.3) is 0 Å². The first kappa shape index (κ1) is 22.7. The number of hydrogen-bond donors (Lipinski definition) is 1. The molecule has 1 heterocycles. The Labute approximate surface area is 165 Å². The Balaban J connectivity index is 2.10. The highest BCUT2D eigenvalue weighted by Gasteiger charge is 2.65. The van der Waals surface area contributed by atoms with Crippen molar-refractivity contribution in [3.63, 3.8) is 0 Å². The number of amides is 2. The van der Waals surface area contributed by atoms with Crippen molar-refractivity contribution < 1.29 is 36.6 Å². The molecule has 2 amide bonds. The first-order valence-corrected chi connectivity index (χ1v) is 9.10. The van der Waals surface area contributed by atoms with Crippen LogP contribution in [0.15, 0.2) is 24.3 Å². The zero-order chi connectivity index (χ0) is 21.7. The number of nitrogens with one attached hydrogen (secondary N) is 1. The molecule has 1 aromatic rings. The molecule has 7 nitrogen and oxygen atoms in total. The molecule has 1 aliphatic heterocycles. The SMILES string of the molecule is CCOC(=O)C(NC(=O)N1CCN(c2ccc(F)cc2)CC1)(OCC)C(F)(F)F. The van der Waals surface area contributed by atoms with Gasteiger partial charge in [0.1, 0.15) is 5.82 Å². The average molecular weight is 421 g/mol. The third kappa shape index (κ3) is 5.08. The molecular weight excluding hydrogens is 398 g/mol. The second kappa shape index (κ2) is 9.29. The van der Waals surface area contributed by atoms with Gasteiger partial charge in [0.15, 0.2) is 0 Å². The summed E-state index contributed by atoms with van der Waals surface area (Å²) in [6, 6.07) is 4.66. The molecule has 1 unspecified atom stereocenters. The quantitative estimate of drug-likeness (QED) is 0.434. The van der Waals surface area contributed by atoms with Crippen LogP contribution in [0.4, 0.5) is 28.0 Å². The molecule has 1 atom stereocenters. The predicted octanol–water partition coefficient (Wildman–Crippen LogP) is 2.52. The Morgan fingerprint density at radius 1 is 1.03 bits per heavy atom. The number of urea groups is 1. The number of alkyl halides is 3. The molecule has 1 N–H and O–H groups in total. The van der Waals surface area contributed by atoms with Crippen LogP contribution in [0.3, 0.4) is 0 Å². The Morgan fingerprint density at radius 3 is 2.10 bits per heavy atom. The van der Waals surface area contributed by atoms with Gasteiger partial charge in [0.2, 0.25) is 0 Å². The monoisotopic (exact) mass is 421 g/mol. The molecule has 0 aromatic heterocycles. The average Bonchev–Trinajstić information content (AvgIpc) is 2.67. The molecule has 0 aliphatic carbocycles. The van der Waals surface area contributed by atoms with E-state index in [1.807, 2.05) is 4.90 Å². The lowest BCUT2D eigenvalue weighted by Crippen LogP contribution is -2.68. The summed E-state index contributed by atoms with van der Waals surface area (Å²) in [5.41, 5.74) is -2.85. The summed E-state index contributed by atoms with van der Waals surface area (Å²) in [6.07, 6.45) is -5.22. The van der Waals surface area contributed by atoms with Gasteiger partial charge in [-0.1, -0.05) is 0 Å². The molecular formula is C18H23F4N3O4. The molecule has 1 aliphatic rings. The van der Waals surface area contributed by atoms with Gasteiger partial charge in [-0.2, -0.15) is 13.2 Å². The summed E-state index contributed by atoms with van der Waals surface area (Å²) < 4.78 is 63.3. The van der Waals surface area contributed by atoms with Gasteiger partial charge < -0.3 is 19.3 Å². The van der Waals surface area contributed by atoms with Crippen LogP contribution in [0.2, 0.25) is 0 Å². The number of piperazine rings is 1. The van der Waals surface area contributed by atoms with E-state index in [-0.39, 0.29) is 25.5 Å². The molecule has 1 fully saturated rings. The van der Waals surface area contributed by atoms with Crippen LogP contribution in [0, 0.1) is 5.82 Å². The van der Waals surface area contributed by atoms with Gasteiger partial charge >= 0.3 is 23.9 Å². The number of carbonyl (C=O) groups excluding carboxylic acids is 2. The van der Waals surface area contributed by atoms with E-state index < -0.39 is 30.5 Å². The molecule has 162 valence electrons. The standard InChI is InChI=1S/C18H23F4N3O4/c1-3-28-15(26)17(29-4-2,18(20,21)22)23-16(27)25-11-9-24(10-12-25)14-7-5-13(19)6-8-14/h5-8H,3-4,9-12H2,1-2H3,(H,23,27). The number of anilines is 1. The first-order chi connectivity index (χ1) is 13.6. The Kier molecular flexibility index (Phi) is 7.28. The Morgan fingerprint density at radius 2 is 1.62 bits per heavy atom. The lowest BCUT2D eigenvalue weighted by atomic mass is 10.2. The maximum absolute atomic E-state index is 13.7. The molecule has 0 bridgehead atoms. The van der Waals surface area contributed by atoms with Crippen LogP contribution in [-0.2, 0) is 14.3 Å². The maximum Gasteiger partial charge on any atom is 0.448 e. The lowest BCUT2D eigenvalue weighted by Gasteiger charge is -2.39. The lowest BCUT2D eigenvalue weighted by molar-refractivity contribution is -0.283. The van der Waals surface area contributed by atoms with Crippen molar-refractivity contribution in [1.82, 2.24) is 10.2 Å². The van der Waals surface area contributed by atoms with Crippen LogP contribution in [0.25, 0.3) is 0 Å². The molecule has 0 saturated carbocycles. The van der Waals surface area contributed by atoms with Gasteiger partial charge in [-0.25, -0.2) is 14.0 Å². The summed E-state index contributed by atoms with van der Waals surface area (Å²) in [7, 11) is 0. The van der Waals surface area contributed by atoms with Crippen molar-refractivity contribution in [2.24, 2.45) is 0 Å². The Hall–Kier alpha value is -2.56. The summed E-state index contributed by atoms with van der Waals surface area (Å²) in [6.45, 7) is 2.69. The summed E-state index contributed by atoms with van der Waals surface area (Å²) >= 11 is 0. The fraction of sp³-hybridized carbons (Fsp3) is 0.556. The van der Waals surface area contributed by atoms with E-state index in [4.69, 9.17) is 0 Å². The van der Waals surface area contributed by atoms with Gasteiger partial charge in [-0.15, -0.1) is 0 Å². The number of carbonyl (C=O) groups is 2. The fourth-order valence-corrected chi connectivity index (χ4v) is 2.91. The molecule has 1 saturated heterocycles. The van der Waals surface area contributed by atoms with E-state index in [0.29, 0.717) is 13.1 Å². The number of nitrogens with zero attached hydrogens (tertiary/aromatic N) is 2. The van der Waals surface area contributed by atoms with Crippen LogP contribution in [0.1, 0.15) is 13.8 Å². The van der Waals surface area contributed by atoms with Crippen molar-refractivity contribution in [3.8, 4) is 0 Å². The van der Waals surface area contributed by atoms with Gasteiger partial charge in [-0.05, 0) is 38.1 Å². The minimum atomic E-state index is -5.22. The summed E-state index contributed by atoms with van der Waals surface area (Å²) in [4.78, 5) is 27.6. The van der Waals surface area contributed by atoms with E-state index >= 15 is 0 Å². The smallest absolute Gasteiger partial charge is 0.448 e. The van der Waals surface area contributed by atoms with Gasteiger partial charge in [0, 0.05) is 38.5 Å². The summed E-state index contributed by atoms with van der Waals surface area (Å²) in [5.74, 6) is -2.11. The number of rotatable bonds is 6. The minimum absolute atomic E-state index is 0.103. The van der Waals surface area contributed by atoms with E-state index in [0.717, 1.165) is 10.6 Å². The number of benzene rings is 1. The van der Waals surface area contributed by atoms with Crippen LogP contribution in [-0.4, -0.2) is 68.2 Å². The number of hydrogen-bond acceptors (Lipinski definition) is 5. The molecule has 0 radical (unpaired) electrons. The van der Waals surface area contributed by atoms with Crippen molar-refractivity contribution in [2.75, 3.05) is 44.3 Å². The first-order valence-electron chi connectivity index (χ1n) is 9.10. The van der Waals surface area contributed by atoms with E-state index in [1.165, 1.54) is 26.0 Å². The van der Waals surface area contributed by atoms with E-state index in [9.17, 15) is 27.2 Å². The molecule has 2 rings (SSSR count). The van der Waals surface area contributed by atoms with Crippen molar-refractivity contribution >= 4 is 17.7 Å². The zero-order valence-electron chi connectivity index (χ0n) is 16.1. The zero-order valence-corrected chi connectivity index (χ0v) is 16.1. The second-order valence-electron chi connectivity index (χ2n) is 6.21. The molecule has 29 heavy (non-hydrogen) atoms.